The Bertz CT molecular complexity index is 495. The summed E-state index contributed by atoms with van der Waals surface area (Å²) < 4.78 is 10.4. The van der Waals surface area contributed by atoms with Crippen LogP contribution in [0.4, 0.5) is 4.79 Å². The van der Waals surface area contributed by atoms with Crippen LogP contribution in [-0.2, 0) is 16.0 Å². The van der Waals surface area contributed by atoms with Crippen molar-refractivity contribution in [2.75, 3.05) is 19.7 Å². The van der Waals surface area contributed by atoms with Crippen molar-refractivity contribution in [2.45, 2.75) is 32.6 Å². The maximum absolute atomic E-state index is 12.1. The van der Waals surface area contributed by atoms with Crippen LogP contribution in [-0.4, -0.2) is 36.7 Å². The molecule has 0 saturated carbocycles. The van der Waals surface area contributed by atoms with Crippen LogP contribution in [0.15, 0.2) is 24.3 Å². The van der Waals surface area contributed by atoms with Gasteiger partial charge in [0.15, 0.2) is 0 Å². The maximum Gasteiger partial charge on any atom is 0.415 e. The summed E-state index contributed by atoms with van der Waals surface area (Å²) in [5.74, 6) is 0.111. The Balaban J connectivity index is 2.01. The normalized spacial score (nSPS) is 14.6. The van der Waals surface area contributed by atoms with Gasteiger partial charge in [-0.2, -0.15) is 0 Å². The van der Waals surface area contributed by atoms with Crippen LogP contribution < -0.4 is 4.74 Å². The molecule has 1 saturated heterocycles. The molecule has 0 unspecified atom stereocenters. The first-order valence-corrected chi connectivity index (χ1v) is 7.41. The molecule has 1 fully saturated rings. The summed E-state index contributed by atoms with van der Waals surface area (Å²) in [5.41, 5.74) is 0.668. The van der Waals surface area contributed by atoms with Crippen LogP contribution in [0, 0.1) is 0 Å². The van der Waals surface area contributed by atoms with Crippen LogP contribution >= 0.6 is 0 Å². The van der Waals surface area contributed by atoms with Crippen molar-refractivity contribution in [3.05, 3.63) is 29.8 Å². The van der Waals surface area contributed by atoms with Crippen molar-refractivity contribution < 1.29 is 19.1 Å². The lowest BCUT2D eigenvalue weighted by Gasteiger charge is -2.26. The summed E-state index contributed by atoms with van der Waals surface area (Å²) >= 11 is 0. The second-order valence-corrected chi connectivity index (χ2v) is 5.01. The molecule has 0 spiro atoms. The minimum Gasteiger partial charge on any atom is -0.466 e. The van der Waals surface area contributed by atoms with Crippen LogP contribution in [0.2, 0.25) is 0 Å². The topological polar surface area (TPSA) is 55.8 Å². The fourth-order valence-corrected chi connectivity index (χ4v) is 2.35. The van der Waals surface area contributed by atoms with Gasteiger partial charge in [-0.3, -0.25) is 4.79 Å². The molecule has 0 bridgehead atoms. The molecule has 0 aromatic heterocycles. The van der Waals surface area contributed by atoms with Crippen LogP contribution in [0.1, 0.15) is 31.7 Å². The van der Waals surface area contributed by atoms with Gasteiger partial charge in [0.2, 0.25) is 0 Å². The zero-order chi connectivity index (χ0) is 15.1. The number of hydrogen-bond donors (Lipinski definition) is 0. The van der Waals surface area contributed by atoms with Crippen LogP contribution in [0.3, 0.4) is 0 Å². The van der Waals surface area contributed by atoms with Gasteiger partial charge in [-0.25, -0.2) is 4.79 Å². The predicted octanol–water partition coefficient (Wildman–Crippen LogP) is 2.78. The largest absolute Gasteiger partial charge is 0.466 e. The van der Waals surface area contributed by atoms with Gasteiger partial charge >= 0.3 is 12.1 Å². The molecule has 0 aliphatic carbocycles. The first-order chi connectivity index (χ1) is 10.2. The van der Waals surface area contributed by atoms with E-state index in [1.807, 2.05) is 6.07 Å². The number of piperidine rings is 1. The average Bonchev–Trinajstić information content (AvgIpc) is 2.50. The Morgan fingerprint density at radius 1 is 1.14 bits per heavy atom. The smallest absolute Gasteiger partial charge is 0.415 e. The van der Waals surface area contributed by atoms with Crippen molar-refractivity contribution in [1.29, 1.82) is 0 Å². The number of hydrogen-bond acceptors (Lipinski definition) is 4. The van der Waals surface area contributed by atoms with E-state index in [4.69, 9.17) is 9.47 Å². The number of rotatable bonds is 4. The third kappa shape index (κ3) is 4.48. The highest BCUT2D eigenvalue weighted by Crippen LogP contribution is 2.21. The monoisotopic (exact) mass is 291 g/mol. The number of carbonyl (C=O) groups excluding carboxylic acids is 2. The quantitative estimate of drug-likeness (QED) is 0.800. The zero-order valence-corrected chi connectivity index (χ0v) is 12.3. The molecule has 5 nitrogen and oxygen atoms in total. The number of amides is 1. The second-order valence-electron chi connectivity index (χ2n) is 5.01. The molecule has 0 N–H and O–H groups in total. The second kappa shape index (κ2) is 7.67. The third-order valence-electron chi connectivity index (χ3n) is 3.42. The van der Waals surface area contributed by atoms with Crippen LogP contribution in [0.25, 0.3) is 0 Å². The van der Waals surface area contributed by atoms with Gasteiger partial charge in [-0.1, -0.05) is 18.2 Å². The fraction of sp³-hybridized carbons (Fsp3) is 0.500. The molecule has 5 heteroatoms. The lowest BCUT2D eigenvalue weighted by Crippen LogP contribution is -2.37. The molecule has 0 atom stereocenters. The van der Waals surface area contributed by atoms with E-state index >= 15 is 0 Å². The molecule has 1 amide bonds. The van der Waals surface area contributed by atoms with Crippen molar-refractivity contribution in [3.8, 4) is 5.75 Å². The lowest BCUT2D eigenvalue weighted by molar-refractivity contribution is -0.142. The van der Waals surface area contributed by atoms with E-state index in [0.29, 0.717) is 17.9 Å². The number of ether oxygens (including phenoxy) is 2. The van der Waals surface area contributed by atoms with E-state index in [0.717, 1.165) is 32.4 Å². The van der Waals surface area contributed by atoms with Gasteiger partial charge in [-0.05, 0) is 32.3 Å². The number of carbonyl (C=O) groups is 2. The highest BCUT2D eigenvalue weighted by molar-refractivity contribution is 5.75. The van der Waals surface area contributed by atoms with Gasteiger partial charge in [0.05, 0.1) is 13.0 Å². The van der Waals surface area contributed by atoms with E-state index in [1.165, 1.54) is 0 Å². The van der Waals surface area contributed by atoms with Gasteiger partial charge in [0.25, 0.3) is 0 Å². The fourth-order valence-electron chi connectivity index (χ4n) is 2.35. The van der Waals surface area contributed by atoms with E-state index in [1.54, 1.807) is 30.0 Å². The van der Waals surface area contributed by atoms with Gasteiger partial charge in [-0.15, -0.1) is 0 Å². The molecule has 1 aliphatic heterocycles. The van der Waals surface area contributed by atoms with E-state index < -0.39 is 0 Å². The Kier molecular flexibility index (Phi) is 5.60. The molecule has 1 heterocycles. The highest BCUT2D eigenvalue weighted by Gasteiger charge is 2.20. The van der Waals surface area contributed by atoms with Crippen molar-refractivity contribution in [1.82, 2.24) is 4.90 Å². The summed E-state index contributed by atoms with van der Waals surface area (Å²) in [4.78, 5) is 25.4. The zero-order valence-electron chi connectivity index (χ0n) is 12.3. The lowest BCUT2D eigenvalue weighted by atomic mass is 10.1. The number of likely N-dealkylation sites (tertiary alicyclic amines) is 1. The van der Waals surface area contributed by atoms with E-state index in [-0.39, 0.29) is 18.5 Å². The number of esters is 1. The summed E-state index contributed by atoms with van der Waals surface area (Å²) in [5, 5.41) is 0. The van der Waals surface area contributed by atoms with Gasteiger partial charge in [0, 0.05) is 18.7 Å². The van der Waals surface area contributed by atoms with Crippen molar-refractivity contribution in [3.63, 3.8) is 0 Å². The Morgan fingerprint density at radius 2 is 1.86 bits per heavy atom. The van der Waals surface area contributed by atoms with E-state index in [9.17, 15) is 9.59 Å². The predicted molar refractivity (Wildman–Crippen MR) is 78.2 cm³/mol. The molecule has 21 heavy (non-hydrogen) atoms. The SMILES string of the molecule is CCOC(=O)Cc1ccccc1OC(=O)N1CCCCC1. The first kappa shape index (κ1) is 15.4. The molecule has 1 aromatic rings. The number of nitrogens with zero attached hydrogens (tertiary/aromatic N) is 1. The average molecular weight is 291 g/mol. The summed E-state index contributed by atoms with van der Waals surface area (Å²) in [7, 11) is 0. The minimum absolute atomic E-state index is 0.108. The van der Waals surface area contributed by atoms with Crippen LogP contribution in [0.5, 0.6) is 5.75 Å². The third-order valence-corrected chi connectivity index (χ3v) is 3.42. The minimum atomic E-state index is -0.342. The summed E-state index contributed by atoms with van der Waals surface area (Å²) in [6.45, 7) is 3.58. The maximum atomic E-state index is 12.1. The molecule has 1 aliphatic rings. The van der Waals surface area contributed by atoms with Crippen molar-refractivity contribution >= 4 is 12.1 Å². The van der Waals surface area contributed by atoms with Gasteiger partial charge in [0.1, 0.15) is 5.75 Å². The summed E-state index contributed by atoms with van der Waals surface area (Å²) in [6, 6.07) is 7.08. The summed E-state index contributed by atoms with van der Waals surface area (Å²) in [6.07, 6.45) is 2.95. The molecular weight excluding hydrogens is 270 g/mol. The molecule has 0 radical (unpaired) electrons. The standard InChI is InChI=1S/C16H21NO4/c1-2-20-15(18)12-13-8-4-5-9-14(13)21-16(19)17-10-6-3-7-11-17/h4-5,8-9H,2-3,6-7,10-12H2,1H3. The highest BCUT2D eigenvalue weighted by atomic mass is 16.6. The Labute approximate surface area is 124 Å². The Morgan fingerprint density at radius 3 is 2.57 bits per heavy atom. The molecule has 2 rings (SSSR count). The van der Waals surface area contributed by atoms with Gasteiger partial charge < -0.3 is 14.4 Å². The molecule has 1 aromatic carbocycles. The molecular formula is C16H21NO4. The molecule has 114 valence electrons. The first-order valence-electron chi connectivity index (χ1n) is 7.41. The number of para-hydroxylation sites is 1. The Hall–Kier alpha value is -2.04. The van der Waals surface area contributed by atoms with E-state index in [2.05, 4.69) is 0 Å². The number of benzene rings is 1. The van der Waals surface area contributed by atoms with Crippen molar-refractivity contribution in [2.24, 2.45) is 0 Å².